The summed E-state index contributed by atoms with van der Waals surface area (Å²) in [5.41, 5.74) is 0.413. The largest absolute Gasteiger partial charge is 0.314 e. The fourth-order valence-corrected chi connectivity index (χ4v) is 2.38. The molecule has 0 spiro atoms. The van der Waals surface area contributed by atoms with Crippen LogP contribution in [0.1, 0.15) is 61.3 Å². The van der Waals surface area contributed by atoms with E-state index in [4.69, 9.17) is 0 Å². The summed E-state index contributed by atoms with van der Waals surface area (Å²) < 4.78 is 0. The van der Waals surface area contributed by atoms with E-state index in [9.17, 15) is 0 Å². The van der Waals surface area contributed by atoms with Gasteiger partial charge in [-0.15, -0.1) is 0 Å². The molecule has 1 heteroatoms. The first-order valence-electron chi connectivity index (χ1n) is 6.52. The van der Waals surface area contributed by atoms with Gasteiger partial charge in [-0.3, -0.25) is 0 Å². The number of rotatable bonds is 6. The van der Waals surface area contributed by atoms with Crippen molar-refractivity contribution >= 4 is 0 Å². The lowest BCUT2D eigenvalue weighted by molar-refractivity contribution is 0.153. The Kier molecular flexibility index (Phi) is 6.51. The Labute approximate surface area is 97.0 Å². The van der Waals surface area contributed by atoms with Gasteiger partial charge in [0.25, 0.3) is 0 Å². The molecule has 15 heavy (non-hydrogen) atoms. The lowest BCUT2D eigenvalue weighted by atomic mass is 9.72. The minimum absolute atomic E-state index is 0.413. The summed E-state index contributed by atoms with van der Waals surface area (Å²) in [6.45, 7) is 17.4. The van der Waals surface area contributed by atoms with Crippen LogP contribution >= 0.6 is 0 Å². The van der Waals surface area contributed by atoms with E-state index >= 15 is 0 Å². The van der Waals surface area contributed by atoms with Gasteiger partial charge in [0, 0.05) is 6.04 Å². The highest BCUT2D eigenvalue weighted by Crippen LogP contribution is 2.33. The van der Waals surface area contributed by atoms with Crippen LogP contribution in [0.15, 0.2) is 0 Å². The monoisotopic (exact) mass is 213 g/mol. The van der Waals surface area contributed by atoms with Crippen LogP contribution in [0.3, 0.4) is 0 Å². The van der Waals surface area contributed by atoms with E-state index < -0.39 is 0 Å². The molecular weight excluding hydrogens is 182 g/mol. The van der Waals surface area contributed by atoms with Crippen molar-refractivity contribution in [1.29, 1.82) is 0 Å². The second kappa shape index (κ2) is 6.52. The Morgan fingerprint density at radius 3 is 1.93 bits per heavy atom. The van der Waals surface area contributed by atoms with Crippen molar-refractivity contribution in [2.75, 3.05) is 6.54 Å². The van der Waals surface area contributed by atoms with Gasteiger partial charge >= 0.3 is 0 Å². The second-order valence-electron chi connectivity index (χ2n) is 6.30. The van der Waals surface area contributed by atoms with Crippen molar-refractivity contribution in [3.8, 4) is 0 Å². The lowest BCUT2D eigenvalue weighted by Gasteiger charge is -2.36. The normalized spacial score (nSPS) is 16.8. The van der Waals surface area contributed by atoms with E-state index in [-0.39, 0.29) is 0 Å². The zero-order valence-corrected chi connectivity index (χ0v) is 11.9. The standard InChI is InChI=1S/C14H31N/c1-8-9-12(4)13(14(5,6)7)10-15-11(2)3/h11-13,15H,8-10H2,1-7H3. The predicted molar refractivity (Wildman–Crippen MR) is 70.2 cm³/mol. The van der Waals surface area contributed by atoms with Gasteiger partial charge in [-0.2, -0.15) is 0 Å². The molecule has 0 rings (SSSR count). The third-order valence-corrected chi connectivity index (χ3v) is 3.29. The molecule has 0 aliphatic rings. The quantitative estimate of drug-likeness (QED) is 0.701. The van der Waals surface area contributed by atoms with Crippen molar-refractivity contribution in [1.82, 2.24) is 5.32 Å². The van der Waals surface area contributed by atoms with Gasteiger partial charge in [0.15, 0.2) is 0 Å². The van der Waals surface area contributed by atoms with Crippen LogP contribution in [-0.2, 0) is 0 Å². The molecule has 0 amide bonds. The van der Waals surface area contributed by atoms with E-state index in [1.54, 1.807) is 0 Å². The molecule has 0 aromatic rings. The fourth-order valence-electron chi connectivity index (χ4n) is 2.38. The fraction of sp³-hybridized carbons (Fsp3) is 1.00. The van der Waals surface area contributed by atoms with Crippen LogP contribution in [0.25, 0.3) is 0 Å². The molecule has 0 aromatic heterocycles. The number of hydrogen-bond acceptors (Lipinski definition) is 1. The minimum atomic E-state index is 0.413. The summed E-state index contributed by atoms with van der Waals surface area (Å²) in [4.78, 5) is 0. The maximum atomic E-state index is 3.59. The summed E-state index contributed by atoms with van der Waals surface area (Å²) in [5, 5.41) is 3.59. The van der Waals surface area contributed by atoms with Crippen LogP contribution in [0, 0.1) is 17.3 Å². The molecule has 2 unspecified atom stereocenters. The molecule has 0 aliphatic carbocycles. The van der Waals surface area contributed by atoms with E-state index in [0.29, 0.717) is 11.5 Å². The lowest BCUT2D eigenvalue weighted by Crippen LogP contribution is -2.38. The Morgan fingerprint density at radius 1 is 1.07 bits per heavy atom. The highest BCUT2D eigenvalue weighted by atomic mass is 14.9. The van der Waals surface area contributed by atoms with Crippen molar-refractivity contribution in [2.24, 2.45) is 17.3 Å². The third-order valence-electron chi connectivity index (χ3n) is 3.29. The van der Waals surface area contributed by atoms with E-state index in [2.05, 4.69) is 53.8 Å². The first-order valence-corrected chi connectivity index (χ1v) is 6.52. The molecule has 0 radical (unpaired) electrons. The van der Waals surface area contributed by atoms with Gasteiger partial charge in [0.1, 0.15) is 0 Å². The molecule has 1 N–H and O–H groups in total. The Hall–Kier alpha value is -0.0400. The first kappa shape index (κ1) is 15.0. The molecule has 0 fully saturated rings. The molecule has 0 saturated heterocycles. The number of hydrogen-bond donors (Lipinski definition) is 1. The molecule has 92 valence electrons. The highest BCUT2D eigenvalue weighted by molar-refractivity contribution is 4.80. The van der Waals surface area contributed by atoms with Crippen molar-refractivity contribution in [3.63, 3.8) is 0 Å². The second-order valence-corrected chi connectivity index (χ2v) is 6.30. The zero-order valence-electron chi connectivity index (χ0n) is 11.9. The molecule has 0 heterocycles. The summed E-state index contributed by atoms with van der Waals surface area (Å²) in [7, 11) is 0. The Balaban J connectivity index is 4.31. The summed E-state index contributed by atoms with van der Waals surface area (Å²) in [6.07, 6.45) is 2.65. The van der Waals surface area contributed by atoms with Crippen molar-refractivity contribution in [3.05, 3.63) is 0 Å². The average molecular weight is 213 g/mol. The van der Waals surface area contributed by atoms with Gasteiger partial charge in [-0.05, 0) is 23.8 Å². The van der Waals surface area contributed by atoms with Gasteiger partial charge in [-0.1, -0.05) is 61.3 Å². The van der Waals surface area contributed by atoms with Crippen LogP contribution < -0.4 is 5.32 Å². The van der Waals surface area contributed by atoms with Gasteiger partial charge in [0.2, 0.25) is 0 Å². The SMILES string of the molecule is CCCC(C)C(CNC(C)C)C(C)(C)C. The molecule has 1 nitrogen and oxygen atoms in total. The van der Waals surface area contributed by atoms with Crippen LogP contribution in [0.4, 0.5) is 0 Å². The van der Waals surface area contributed by atoms with E-state index in [0.717, 1.165) is 18.4 Å². The van der Waals surface area contributed by atoms with Crippen molar-refractivity contribution < 1.29 is 0 Å². The van der Waals surface area contributed by atoms with Crippen LogP contribution in [0.2, 0.25) is 0 Å². The highest BCUT2D eigenvalue weighted by Gasteiger charge is 2.28. The Bertz CT molecular complexity index is 155. The summed E-state index contributed by atoms with van der Waals surface area (Å²) in [5.74, 6) is 1.60. The molecule has 0 bridgehead atoms. The van der Waals surface area contributed by atoms with Gasteiger partial charge in [-0.25, -0.2) is 0 Å². The summed E-state index contributed by atoms with van der Waals surface area (Å²) >= 11 is 0. The number of nitrogens with one attached hydrogen (secondary N) is 1. The molecule has 0 aromatic carbocycles. The smallest absolute Gasteiger partial charge is 0.00104 e. The maximum Gasteiger partial charge on any atom is 0.00104 e. The average Bonchev–Trinajstić information content (AvgIpc) is 2.01. The molecule has 0 aliphatic heterocycles. The zero-order chi connectivity index (χ0) is 12.1. The predicted octanol–water partition coefficient (Wildman–Crippen LogP) is 4.08. The Morgan fingerprint density at radius 2 is 1.60 bits per heavy atom. The molecule has 0 saturated carbocycles. The first-order chi connectivity index (χ1) is 6.79. The summed E-state index contributed by atoms with van der Waals surface area (Å²) in [6, 6.07) is 0.601. The molecular formula is C14H31N. The third kappa shape index (κ3) is 6.19. The van der Waals surface area contributed by atoms with Gasteiger partial charge in [0.05, 0.1) is 0 Å². The van der Waals surface area contributed by atoms with E-state index in [1.807, 2.05) is 0 Å². The van der Waals surface area contributed by atoms with Crippen LogP contribution in [0.5, 0.6) is 0 Å². The molecule has 2 atom stereocenters. The van der Waals surface area contributed by atoms with Crippen molar-refractivity contribution in [2.45, 2.75) is 67.3 Å². The topological polar surface area (TPSA) is 12.0 Å². The van der Waals surface area contributed by atoms with Crippen LogP contribution in [-0.4, -0.2) is 12.6 Å². The maximum absolute atomic E-state index is 3.59. The van der Waals surface area contributed by atoms with E-state index in [1.165, 1.54) is 12.8 Å². The minimum Gasteiger partial charge on any atom is -0.314 e. The van der Waals surface area contributed by atoms with Gasteiger partial charge < -0.3 is 5.32 Å².